The van der Waals surface area contributed by atoms with Gasteiger partial charge in [0.05, 0.1) is 19.2 Å². The molecule has 1 N–H and O–H groups in total. The second-order valence-corrected chi connectivity index (χ2v) is 5.18. The SMILES string of the molecule is CCOCC1CCCN1C(=O)NCCOc1ccc(F)cc1. The molecule has 1 heterocycles. The van der Waals surface area contributed by atoms with Gasteiger partial charge in [0.15, 0.2) is 0 Å². The van der Waals surface area contributed by atoms with Crippen molar-refractivity contribution in [2.45, 2.75) is 25.8 Å². The zero-order valence-electron chi connectivity index (χ0n) is 12.9. The summed E-state index contributed by atoms with van der Waals surface area (Å²) in [6.07, 6.45) is 2.00. The molecule has 1 aromatic rings. The lowest BCUT2D eigenvalue weighted by molar-refractivity contribution is 0.0938. The van der Waals surface area contributed by atoms with Crippen molar-refractivity contribution >= 4 is 6.03 Å². The van der Waals surface area contributed by atoms with E-state index in [1.165, 1.54) is 12.1 Å². The monoisotopic (exact) mass is 310 g/mol. The van der Waals surface area contributed by atoms with Gasteiger partial charge in [0.25, 0.3) is 0 Å². The number of urea groups is 1. The number of carbonyl (C=O) groups is 1. The van der Waals surface area contributed by atoms with Gasteiger partial charge in [-0.2, -0.15) is 0 Å². The quantitative estimate of drug-likeness (QED) is 0.787. The normalized spacial score (nSPS) is 17.5. The predicted octanol–water partition coefficient (Wildman–Crippen LogP) is 2.42. The molecule has 5 nitrogen and oxygen atoms in total. The average molecular weight is 310 g/mol. The second-order valence-electron chi connectivity index (χ2n) is 5.18. The summed E-state index contributed by atoms with van der Waals surface area (Å²) in [6.45, 7) is 4.73. The van der Waals surface area contributed by atoms with Crippen molar-refractivity contribution in [3.8, 4) is 5.75 Å². The van der Waals surface area contributed by atoms with Crippen molar-refractivity contribution in [3.05, 3.63) is 30.1 Å². The third-order valence-corrected chi connectivity index (χ3v) is 3.61. The summed E-state index contributed by atoms with van der Waals surface area (Å²) in [6, 6.07) is 5.90. The summed E-state index contributed by atoms with van der Waals surface area (Å²) in [4.78, 5) is 14.0. The highest BCUT2D eigenvalue weighted by molar-refractivity contribution is 5.74. The third kappa shape index (κ3) is 4.87. The van der Waals surface area contributed by atoms with Crippen molar-refractivity contribution < 1.29 is 18.7 Å². The summed E-state index contributed by atoms with van der Waals surface area (Å²) >= 11 is 0. The molecular weight excluding hydrogens is 287 g/mol. The molecule has 122 valence electrons. The highest BCUT2D eigenvalue weighted by Gasteiger charge is 2.28. The van der Waals surface area contributed by atoms with E-state index < -0.39 is 0 Å². The number of likely N-dealkylation sites (tertiary alicyclic amines) is 1. The van der Waals surface area contributed by atoms with Gasteiger partial charge < -0.3 is 19.7 Å². The first-order valence-corrected chi connectivity index (χ1v) is 7.71. The molecule has 1 atom stereocenters. The molecule has 1 unspecified atom stereocenters. The van der Waals surface area contributed by atoms with Crippen molar-refractivity contribution in [1.29, 1.82) is 0 Å². The molecule has 22 heavy (non-hydrogen) atoms. The maximum atomic E-state index is 12.8. The fraction of sp³-hybridized carbons (Fsp3) is 0.562. The Kier molecular flexibility index (Phi) is 6.45. The van der Waals surface area contributed by atoms with Crippen LogP contribution in [0, 0.1) is 5.82 Å². The predicted molar refractivity (Wildman–Crippen MR) is 81.5 cm³/mol. The Hall–Kier alpha value is -1.82. The van der Waals surface area contributed by atoms with E-state index in [9.17, 15) is 9.18 Å². The van der Waals surface area contributed by atoms with Gasteiger partial charge in [-0.15, -0.1) is 0 Å². The molecule has 2 rings (SSSR count). The van der Waals surface area contributed by atoms with Gasteiger partial charge in [-0.05, 0) is 44.0 Å². The first kappa shape index (κ1) is 16.5. The fourth-order valence-electron chi connectivity index (χ4n) is 2.49. The van der Waals surface area contributed by atoms with Crippen molar-refractivity contribution in [2.75, 3.05) is 32.9 Å². The van der Waals surface area contributed by atoms with E-state index in [0.29, 0.717) is 32.1 Å². The molecule has 1 aliphatic heterocycles. The Morgan fingerprint density at radius 3 is 2.91 bits per heavy atom. The van der Waals surface area contributed by atoms with Crippen LogP contribution in [-0.2, 0) is 4.74 Å². The van der Waals surface area contributed by atoms with Crippen LogP contribution in [0.4, 0.5) is 9.18 Å². The molecule has 0 bridgehead atoms. The van der Waals surface area contributed by atoms with Gasteiger partial charge in [-0.25, -0.2) is 9.18 Å². The van der Waals surface area contributed by atoms with Gasteiger partial charge in [-0.1, -0.05) is 0 Å². The first-order valence-electron chi connectivity index (χ1n) is 7.71. The lowest BCUT2D eigenvalue weighted by Crippen LogP contribution is -2.45. The molecule has 0 radical (unpaired) electrons. The molecule has 1 fully saturated rings. The molecule has 0 aliphatic carbocycles. The van der Waals surface area contributed by atoms with E-state index in [2.05, 4.69) is 5.32 Å². The van der Waals surface area contributed by atoms with Gasteiger partial charge >= 0.3 is 6.03 Å². The number of nitrogens with zero attached hydrogens (tertiary/aromatic N) is 1. The Labute approximate surface area is 130 Å². The summed E-state index contributed by atoms with van der Waals surface area (Å²) in [5.41, 5.74) is 0. The average Bonchev–Trinajstić information content (AvgIpc) is 2.99. The molecule has 1 aromatic carbocycles. The van der Waals surface area contributed by atoms with E-state index in [1.807, 2.05) is 11.8 Å². The summed E-state index contributed by atoms with van der Waals surface area (Å²) in [5, 5.41) is 2.84. The molecular formula is C16H23FN2O3. The molecule has 2 amide bonds. The van der Waals surface area contributed by atoms with Crippen LogP contribution in [0.5, 0.6) is 5.75 Å². The van der Waals surface area contributed by atoms with E-state index >= 15 is 0 Å². The number of hydrogen-bond acceptors (Lipinski definition) is 3. The van der Waals surface area contributed by atoms with Crippen LogP contribution in [0.15, 0.2) is 24.3 Å². The number of benzene rings is 1. The van der Waals surface area contributed by atoms with Crippen LogP contribution in [0.1, 0.15) is 19.8 Å². The number of ether oxygens (including phenoxy) is 2. The van der Waals surface area contributed by atoms with E-state index in [0.717, 1.165) is 19.4 Å². The number of carbonyl (C=O) groups excluding carboxylic acids is 1. The molecule has 0 saturated carbocycles. The number of amides is 2. The zero-order valence-corrected chi connectivity index (χ0v) is 12.9. The third-order valence-electron chi connectivity index (χ3n) is 3.61. The minimum absolute atomic E-state index is 0.0788. The number of rotatable bonds is 7. The smallest absolute Gasteiger partial charge is 0.317 e. The van der Waals surface area contributed by atoms with Crippen LogP contribution < -0.4 is 10.1 Å². The molecule has 0 spiro atoms. The highest BCUT2D eigenvalue weighted by Crippen LogP contribution is 2.17. The van der Waals surface area contributed by atoms with E-state index in [1.54, 1.807) is 12.1 Å². The largest absolute Gasteiger partial charge is 0.492 e. The summed E-state index contributed by atoms with van der Waals surface area (Å²) < 4.78 is 23.6. The van der Waals surface area contributed by atoms with E-state index in [4.69, 9.17) is 9.47 Å². The highest BCUT2D eigenvalue weighted by atomic mass is 19.1. The second kappa shape index (κ2) is 8.58. The van der Waals surface area contributed by atoms with Gasteiger partial charge in [0.2, 0.25) is 0 Å². The Balaban J connectivity index is 1.67. The lowest BCUT2D eigenvalue weighted by atomic mass is 10.2. The Bertz CT molecular complexity index is 467. The van der Waals surface area contributed by atoms with Gasteiger partial charge in [0.1, 0.15) is 18.2 Å². The van der Waals surface area contributed by atoms with Gasteiger partial charge in [0, 0.05) is 13.2 Å². The number of nitrogens with one attached hydrogen (secondary N) is 1. The first-order chi connectivity index (χ1) is 10.7. The van der Waals surface area contributed by atoms with Crippen LogP contribution in [-0.4, -0.2) is 49.9 Å². The summed E-state index contributed by atoms with van der Waals surface area (Å²) in [5.74, 6) is 0.293. The van der Waals surface area contributed by atoms with Crippen LogP contribution in [0.3, 0.4) is 0 Å². The standard InChI is InChI=1S/C16H23FN2O3/c1-2-21-12-14-4-3-10-19(14)16(20)18-9-11-22-15-7-5-13(17)6-8-15/h5-8,14H,2-4,9-12H2,1H3,(H,18,20). The molecule has 0 aromatic heterocycles. The van der Waals surface area contributed by atoms with E-state index in [-0.39, 0.29) is 17.9 Å². The Morgan fingerprint density at radius 2 is 2.18 bits per heavy atom. The molecule has 6 heteroatoms. The maximum Gasteiger partial charge on any atom is 0.317 e. The number of hydrogen-bond donors (Lipinski definition) is 1. The van der Waals surface area contributed by atoms with Crippen LogP contribution in [0.2, 0.25) is 0 Å². The fourth-order valence-corrected chi connectivity index (χ4v) is 2.49. The van der Waals surface area contributed by atoms with Crippen molar-refractivity contribution in [3.63, 3.8) is 0 Å². The van der Waals surface area contributed by atoms with Crippen LogP contribution in [0.25, 0.3) is 0 Å². The van der Waals surface area contributed by atoms with Gasteiger partial charge in [-0.3, -0.25) is 0 Å². The van der Waals surface area contributed by atoms with Crippen LogP contribution >= 0.6 is 0 Å². The maximum absolute atomic E-state index is 12.8. The molecule has 1 saturated heterocycles. The van der Waals surface area contributed by atoms with Crippen molar-refractivity contribution in [1.82, 2.24) is 10.2 Å². The lowest BCUT2D eigenvalue weighted by Gasteiger charge is -2.24. The Morgan fingerprint density at radius 1 is 1.41 bits per heavy atom. The zero-order chi connectivity index (χ0) is 15.8. The van der Waals surface area contributed by atoms with Crippen molar-refractivity contribution in [2.24, 2.45) is 0 Å². The summed E-state index contributed by atoms with van der Waals surface area (Å²) in [7, 11) is 0. The minimum atomic E-state index is -0.296. The molecule has 1 aliphatic rings. The number of halogens is 1. The minimum Gasteiger partial charge on any atom is -0.492 e. The topological polar surface area (TPSA) is 50.8 Å².